The number of carbonyl (C=O) groups excluding carboxylic acids is 4. The lowest BCUT2D eigenvalue weighted by Gasteiger charge is -2.33. The second-order valence-electron chi connectivity index (χ2n) is 9.33. The molecule has 0 aliphatic heterocycles. The Balaban J connectivity index is 2.94. The van der Waals surface area contributed by atoms with Crippen LogP contribution in [-0.2, 0) is 19.2 Å². The predicted octanol–water partition coefficient (Wildman–Crippen LogP) is 2.43. The van der Waals surface area contributed by atoms with E-state index in [1.165, 1.54) is 13.3 Å². The highest BCUT2D eigenvalue weighted by atomic mass is 32.2. The van der Waals surface area contributed by atoms with Gasteiger partial charge in [-0.05, 0) is 36.2 Å². The SMILES string of the molecule is CSCC[C@@H](C=O)NC(=O)[C@H](CC1CCCCC1)NC(=O)[C@@H](NC(C)=O)C(C)(C)C. The second kappa shape index (κ2) is 13.0. The van der Waals surface area contributed by atoms with E-state index in [2.05, 4.69) is 16.0 Å². The third kappa shape index (κ3) is 9.49. The minimum Gasteiger partial charge on any atom is -0.345 e. The number of rotatable bonds is 11. The number of aldehydes is 1. The summed E-state index contributed by atoms with van der Waals surface area (Å²) in [4.78, 5) is 49.0. The highest BCUT2D eigenvalue weighted by Crippen LogP contribution is 2.28. The molecule has 3 atom stereocenters. The molecule has 172 valence electrons. The Morgan fingerprint density at radius 2 is 1.67 bits per heavy atom. The third-order valence-electron chi connectivity index (χ3n) is 5.53. The van der Waals surface area contributed by atoms with E-state index >= 15 is 0 Å². The van der Waals surface area contributed by atoms with E-state index in [0.29, 0.717) is 18.8 Å². The van der Waals surface area contributed by atoms with Crippen LogP contribution in [0.1, 0.15) is 72.6 Å². The molecule has 3 amide bonds. The maximum atomic E-state index is 13.0. The fourth-order valence-corrected chi connectivity index (χ4v) is 4.31. The standard InChI is InChI=1S/C22H39N3O4S/c1-15(27)23-19(22(2,3)4)21(29)25-18(13-16-9-7-6-8-10-16)20(28)24-17(14-26)11-12-30-5/h14,16-19H,6-13H2,1-5H3,(H,23,27)(H,24,28)(H,25,29)/t17-,18-,19+/m0/s1. The number of thioether (sulfide) groups is 1. The molecule has 0 heterocycles. The molecule has 30 heavy (non-hydrogen) atoms. The zero-order chi connectivity index (χ0) is 22.7. The van der Waals surface area contributed by atoms with Crippen LogP contribution < -0.4 is 16.0 Å². The second-order valence-corrected chi connectivity index (χ2v) is 10.3. The van der Waals surface area contributed by atoms with Gasteiger partial charge in [-0.3, -0.25) is 14.4 Å². The lowest BCUT2D eigenvalue weighted by molar-refractivity contribution is -0.134. The van der Waals surface area contributed by atoms with Crippen LogP contribution in [0, 0.1) is 11.3 Å². The highest BCUT2D eigenvalue weighted by Gasteiger charge is 2.35. The Kier molecular flexibility index (Phi) is 11.4. The van der Waals surface area contributed by atoms with Crippen LogP contribution in [-0.4, -0.2) is 54.1 Å². The molecule has 0 aromatic rings. The number of carbonyl (C=O) groups is 4. The predicted molar refractivity (Wildman–Crippen MR) is 121 cm³/mol. The Morgan fingerprint density at radius 1 is 1.03 bits per heavy atom. The molecule has 3 N–H and O–H groups in total. The molecule has 1 rings (SSSR count). The van der Waals surface area contributed by atoms with Crippen LogP contribution in [0.4, 0.5) is 0 Å². The summed E-state index contributed by atoms with van der Waals surface area (Å²) in [7, 11) is 0. The van der Waals surface area contributed by atoms with E-state index < -0.39 is 23.5 Å². The summed E-state index contributed by atoms with van der Waals surface area (Å²) in [6.07, 6.45) is 9.35. The average molecular weight is 442 g/mol. The molecule has 1 aliphatic rings. The molecule has 0 unspecified atom stereocenters. The first-order valence-corrected chi connectivity index (χ1v) is 12.3. The number of hydrogen-bond donors (Lipinski definition) is 3. The van der Waals surface area contributed by atoms with Gasteiger partial charge in [0.15, 0.2) is 0 Å². The first kappa shape index (κ1) is 26.5. The van der Waals surface area contributed by atoms with Gasteiger partial charge in [0.1, 0.15) is 18.4 Å². The van der Waals surface area contributed by atoms with Crippen LogP contribution >= 0.6 is 11.8 Å². The van der Waals surface area contributed by atoms with Gasteiger partial charge in [0.05, 0.1) is 6.04 Å². The molecular weight excluding hydrogens is 402 g/mol. The first-order valence-electron chi connectivity index (χ1n) is 10.9. The van der Waals surface area contributed by atoms with E-state index in [1.807, 2.05) is 27.0 Å². The zero-order valence-corrected chi connectivity index (χ0v) is 19.9. The Bertz CT molecular complexity index is 585. The van der Waals surface area contributed by atoms with Crippen molar-refractivity contribution in [2.24, 2.45) is 11.3 Å². The lowest BCUT2D eigenvalue weighted by atomic mass is 9.83. The lowest BCUT2D eigenvalue weighted by Crippen LogP contribution is -2.58. The molecule has 0 saturated heterocycles. The van der Waals surface area contributed by atoms with Crippen LogP contribution in [0.25, 0.3) is 0 Å². The molecular formula is C22H39N3O4S. The maximum absolute atomic E-state index is 13.0. The van der Waals surface area contributed by atoms with Crippen molar-refractivity contribution >= 4 is 35.8 Å². The summed E-state index contributed by atoms with van der Waals surface area (Å²) in [5.41, 5.74) is -0.509. The topological polar surface area (TPSA) is 104 Å². The number of nitrogens with one attached hydrogen (secondary N) is 3. The monoisotopic (exact) mass is 441 g/mol. The van der Waals surface area contributed by atoms with Crippen molar-refractivity contribution in [1.29, 1.82) is 0 Å². The van der Waals surface area contributed by atoms with Gasteiger partial charge >= 0.3 is 0 Å². The van der Waals surface area contributed by atoms with E-state index in [0.717, 1.165) is 37.7 Å². The van der Waals surface area contributed by atoms with Gasteiger partial charge in [-0.1, -0.05) is 52.9 Å². The fraction of sp³-hybridized carbons (Fsp3) is 0.818. The molecule has 8 heteroatoms. The van der Waals surface area contributed by atoms with E-state index in [4.69, 9.17) is 0 Å². The van der Waals surface area contributed by atoms with Gasteiger partial charge in [0.2, 0.25) is 17.7 Å². The van der Waals surface area contributed by atoms with Crippen LogP contribution in [0.15, 0.2) is 0 Å². The average Bonchev–Trinajstić information content (AvgIpc) is 2.68. The van der Waals surface area contributed by atoms with E-state index in [1.54, 1.807) is 11.8 Å². The molecule has 0 aromatic heterocycles. The molecule has 0 radical (unpaired) electrons. The van der Waals surface area contributed by atoms with Crippen molar-refractivity contribution in [3.05, 3.63) is 0 Å². The molecule has 1 aliphatic carbocycles. The molecule has 0 bridgehead atoms. The maximum Gasteiger partial charge on any atom is 0.243 e. The Hall–Kier alpha value is -1.57. The molecule has 0 spiro atoms. The normalized spacial score (nSPS) is 18.0. The minimum atomic E-state index is -0.755. The van der Waals surface area contributed by atoms with Crippen molar-refractivity contribution < 1.29 is 19.2 Å². The molecule has 1 fully saturated rings. The van der Waals surface area contributed by atoms with Crippen LogP contribution in [0.5, 0.6) is 0 Å². The van der Waals surface area contributed by atoms with Gasteiger partial charge in [-0.25, -0.2) is 0 Å². The molecule has 0 aromatic carbocycles. The van der Waals surface area contributed by atoms with Gasteiger partial charge in [-0.2, -0.15) is 11.8 Å². The van der Waals surface area contributed by atoms with Gasteiger partial charge in [0.25, 0.3) is 0 Å². The van der Waals surface area contributed by atoms with E-state index in [-0.39, 0.29) is 17.7 Å². The minimum absolute atomic E-state index is 0.295. The fourth-order valence-electron chi connectivity index (χ4n) is 3.82. The largest absolute Gasteiger partial charge is 0.345 e. The highest BCUT2D eigenvalue weighted by molar-refractivity contribution is 7.98. The van der Waals surface area contributed by atoms with Crippen molar-refractivity contribution in [2.45, 2.75) is 90.8 Å². The van der Waals surface area contributed by atoms with Crippen molar-refractivity contribution in [3.8, 4) is 0 Å². The summed E-state index contributed by atoms with van der Waals surface area (Å²) < 4.78 is 0. The van der Waals surface area contributed by atoms with Gasteiger partial charge in [0, 0.05) is 6.92 Å². The van der Waals surface area contributed by atoms with Crippen molar-refractivity contribution in [1.82, 2.24) is 16.0 Å². The Labute approximate surface area is 185 Å². The summed E-state index contributed by atoms with van der Waals surface area (Å²) in [6, 6.07) is -2.05. The van der Waals surface area contributed by atoms with Gasteiger partial charge < -0.3 is 20.7 Å². The number of amides is 3. The summed E-state index contributed by atoms with van der Waals surface area (Å²) >= 11 is 1.61. The third-order valence-corrected chi connectivity index (χ3v) is 6.17. The number of hydrogen-bond acceptors (Lipinski definition) is 5. The smallest absolute Gasteiger partial charge is 0.243 e. The van der Waals surface area contributed by atoms with E-state index in [9.17, 15) is 19.2 Å². The zero-order valence-electron chi connectivity index (χ0n) is 19.1. The summed E-state index contributed by atoms with van der Waals surface area (Å²) in [5.74, 6) is 0.127. The van der Waals surface area contributed by atoms with Crippen molar-refractivity contribution in [2.75, 3.05) is 12.0 Å². The molecule has 1 saturated carbocycles. The van der Waals surface area contributed by atoms with Gasteiger partial charge in [-0.15, -0.1) is 0 Å². The Morgan fingerprint density at radius 3 is 2.17 bits per heavy atom. The van der Waals surface area contributed by atoms with Crippen LogP contribution in [0.2, 0.25) is 0 Å². The van der Waals surface area contributed by atoms with Crippen molar-refractivity contribution in [3.63, 3.8) is 0 Å². The van der Waals surface area contributed by atoms with Crippen LogP contribution in [0.3, 0.4) is 0 Å². The summed E-state index contributed by atoms with van der Waals surface area (Å²) in [5, 5.41) is 8.37. The summed E-state index contributed by atoms with van der Waals surface area (Å²) in [6.45, 7) is 6.98. The first-order chi connectivity index (χ1) is 14.1. The molecule has 7 nitrogen and oxygen atoms in total. The quantitative estimate of drug-likeness (QED) is 0.427.